The summed E-state index contributed by atoms with van der Waals surface area (Å²) < 4.78 is 10.6. The summed E-state index contributed by atoms with van der Waals surface area (Å²) in [6.07, 6.45) is 0. The molecule has 0 unspecified atom stereocenters. The number of rotatable bonds is 3. The van der Waals surface area contributed by atoms with E-state index in [0.717, 1.165) is 22.7 Å². The first-order chi connectivity index (χ1) is 6.50. The number of aliphatic hydroxyl groups is 1. The fraction of sp³-hybridized carbons (Fsp3) is 0.636. The number of ether oxygens (including phenoxy) is 2. The zero-order valence-electron chi connectivity index (χ0n) is 9.47. The van der Waals surface area contributed by atoms with Crippen molar-refractivity contribution in [2.45, 2.75) is 20.8 Å². The van der Waals surface area contributed by atoms with E-state index in [2.05, 4.69) is 0 Å². The highest BCUT2D eigenvalue weighted by Crippen LogP contribution is 2.46. The number of methoxy groups -OCH3 is 2. The summed E-state index contributed by atoms with van der Waals surface area (Å²) in [5, 5.41) is 9.30. The van der Waals surface area contributed by atoms with Crippen molar-refractivity contribution < 1.29 is 14.6 Å². The van der Waals surface area contributed by atoms with Crippen LogP contribution in [0, 0.1) is 5.41 Å². The Morgan fingerprint density at radius 1 is 1.21 bits per heavy atom. The van der Waals surface area contributed by atoms with Crippen molar-refractivity contribution in [1.29, 1.82) is 0 Å². The quantitative estimate of drug-likeness (QED) is 0.752. The monoisotopic (exact) mass is 198 g/mol. The van der Waals surface area contributed by atoms with Gasteiger partial charge in [-0.2, -0.15) is 0 Å². The first kappa shape index (κ1) is 11.1. The average Bonchev–Trinajstić information content (AvgIpc) is 2.31. The molecule has 0 aromatic rings. The third kappa shape index (κ3) is 1.32. The lowest BCUT2D eigenvalue weighted by atomic mass is 9.85. The van der Waals surface area contributed by atoms with E-state index < -0.39 is 0 Å². The van der Waals surface area contributed by atoms with Crippen molar-refractivity contribution in [3.8, 4) is 0 Å². The molecular formula is C11H18O3. The molecule has 0 radical (unpaired) electrons. The summed E-state index contributed by atoms with van der Waals surface area (Å²) in [5.41, 5.74) is 1.68. The molecule has 1 aliphatic carbocycles. The smallest absolute Gasteiger partial charge is 0.160 e. The number of hydrogen-bond acceptors (Lipinski definition) is 3. The van der Waals surface area contributed by atoms with Crippen LogP contribution >= 0.6 is 0 Å². The minimum absolute atomic E-state index is 0.0402. The van der Waals surface area contributed by atoms with Gasteiger partial charge >= 0.3 is 0 Å². The van der Waals surface area contributed by atoms with Gasteiger partial charge in [-0.3, -0.25) is 0 Å². The fourth-order valence-corrected chi connectivity index (χ4v) is 2.11. The van der Waals surface area contributed by atoms with E-state index in [9.17, 15) is 5.11 Å². The largest absolute Gasteiger partial charge is 0.496 e. The molecule has 0 atom stereocenters. The molecule has 0 saturated heterocycles. The molecule has 0 aliphatic heterocycles. The maximum atomic E-state index is 9.30. The number of allylic oxidation sites excluding steroid dienone is 2. The Balaban J connectivity index is 3.26. The van der Waals surface area contributed by atoms with E-state index in [1.807, 2.05) is 20.8 Å². The normalized spacial score (nSPS) is 20.4. The SMILES string of the molecule is COC1=C(OC)C(C)(C)C(CO)=C1C. The van der Waals surface area contributed by atoms with Crippen LogP contribution in [0.3, 0.4) is 0 Å². The topological polar surface area (TPSA) is 38.7 Å². The van der Waals surface area contributed by atoms with Gasteiger partial charge in [-0.05, 0) is 31.9 Å². The molecule has 0 saturated carbocycles. The van der Waals surface area contributed by atoms with Crippen LogP contribution in [0.1, 0.15) is 20.8 Å². The molecule has 0 bridgehead atoms. The maximum Gasteiger partial charge on any atom is 0.160 e. The average molecular weight is 198 g/mol. The zero-order valence-corrected chi connectivity index (χ0v) is 9.47. The maximum absolute atomic E-state index is 9.30. The number of hydrogen-bond donors (Lipinski definition) is 1. The highest BCUT2D eigenvalue weighted by atomic mass is 16.5. The molecule has 0 fully saturated rings. The van der Waals surface area contributed by atoms with Crippen LogP contribution in [0.25, 0.3) is 0 Å². The molecule has 0 heterocycles. The second-order valence-electron chi connectivity index (χ2n) is 3.95. The van der Waals surface area contributed by atoms with Crippen molar-refractivity contribution in [2.24, 2.45) is 5.41 Å². The van der Waals surface area contributed by atoms with Crippen molar-refractivity contribution in [3.05, 3.63) is 22.7 Å². The van der Waals surface area contributed by atoms with Crippen LogP contribution < -0.4 is 0 Å². The van der Waals surface area contributed by atoms with Gasteiger partial charge in [0, 0.05) is 5.41 Å². The molecule has 3 heteroatoms. The van der Waals surface area contributed by atoms with Gasteiger partial charge in [-0.1, -0.05) is 0 Å². The predicted octanol–water partition coefficient (Wildman–Crippen LogP) is 1.84. The van der Waals surface area contributed by atoms with Gasteiger partial charge in [0.15, 0.2) is 5.76 Å². The molecule has 1 N–H and O–H groups in total. The summed E-state index contributed by atoms with van der Waals surface area (Å²) in [7, 11) is 3.25. The molecule has 0 spiro atoms. The third-order valence-corrected chi connectivity index (χ3v) is 2.89. The summed E-state index contributed by atoms with van der Waals surface area (Å²) in [6.45, 7) is 6.02. The van der Waals surface area contributed by atoms with E-state index in [-0.39, 0.29) is 12.0 Å². The molecule has 1 aliphatic rings. The highest BCUT2D eigenvalue weighted by molar-refractivity contribution is 5.47. The standard InChI is InChI=1S/C11H18O3/c1-7-8(6-12)11(2,3)10(14-5)9(7)13-4/h12H,6H2,1-5H3. The lowest BCUT2D eigenvalue weighted by molar-refractivity contribution is 0.179. The van der Waals surface area contributed by atoms with E-state index >= 15 is 0 Å². The molecule has 3 nitrogen and oxygen atoms in total. The Kier molecular flexibility index (Phi) is 2.90. The van der Waals surface area contributed by atoms with Gasteiger partial charge in [0.1, 0.15) is 5.76 Å². The second-order valence-corrected chi connectivity index (χ2v) is 3.95. The molecule has 14 heavy (non-hydrogen) atoms. The van der Waals surface area contributed by atoms with E-state index in [1.165, 1.54) is 0 Å². The molecule has 80 valence electrons. The van der Waals surface area contributed by atoms with Gasteiger partial charge < -0.3 is 14.6 Å². The summed E-state index contributed by atoms with van der Waals surface area (Å²) in [4.78, 5) is 0. The predicted molar refractivity (Wildman–Crippen MR) is 54.6 cm³/mol. The van der Waals surface area contributed by atoms with E-state index in [1.54, 1.807) is 14.2 Å². The van der Waals surface area contributed by atoms with E-state index in [0.29, 0.717) is 0 Å². The Morgan fingerprint density at radius 3 is 2.07 bits per heavy atom. The van der Waals surface area contributed by atoms with Gasteiger partial charge in [-0.15, -0.1) is 0 Å². The van der Waals surface area contributed by atoms with Crippen LogP contribution in [0.5, 0.6) is 0 Å². The Bertz CT molecular complexity index is 298. The molecule has 1 rings (SSSR count). The second kappa shape index (κ2) is 3.65. The minimum Gasteiger partial charge on any atom is -0.496 e. The third-order valence-electron chi connectivity index (χ3n) is 2.89. The van der Waals surface area contributed by atoms with Crippen LogP contribution in [0.15, 0.2) is 22.7 Å². The Labute approximate surface area is 85.0 Å². The summed E-state index contributed by atoms with van der Waals surface area (Å²) in [5.74, 6) is 1.54. The summed E-state index contributed by atoms with van der Waals surface area (Å²) >= 11 is 0. The van der Waals surface area contributed by atoms with Gasteiger partial charge in [0.2, 0.25) is 0 Å². The summed E-state index contributed by atoms with van der Waals surface area (Å²) in [6, 6.07) is 0. The van der Waals surface area contributed by atoms with Crippen molar-refractivity contribution in [3.63, 3.8) is 0 Å². The number of aliphatic hydroxyl groups excluding tert-OH is 1. The van der Waals surface area contributed by atoms with Gasteiger partial charge in [0.25, 0.3) is 0 Å². The zero-order chi connectivity index (χ0) is 10.9. The Hall–Kier alpha value is -0.960. The van der Waals surface area contributed by atoms with Crippen LogP contribution in [-0.2, 0) is 9.47 Å². The molecule has 0 aromatic carbocycles. The minimum atomic E-state index is -0.265. The fourth-order valence-electron chi connectivity index (χ4n) is 2.11. The molecular weight excluding hydrogens is 180 g/mol. The first-order valence-electron chi connectivity index (χ1n) is 4.64. The van der Waals surface area contributed by atoms with Crippen LogP contribution in [-0.4, -0.2) is 25.9 Å². The van der Waals surface area contributed by atoms with Crippen LogP contribution in [0.2, 0.25) is 0 Å². The first-order valence-corrected chi connectivity index (χ1v) is 4.64. The Morgan fingerprint density at radius 2 is 1.79 bits per heavy atom. The lowest BCUT2D eigenvalue weighted by Crippen LogP contribution is -2.18. The highest BCUT2D eigenvalue weighted by Gasteiger charge is 2.40. The van der Waals surface area contributed by atoms with Crippen molar-refractivity contribution in [2.75, 3.05) is 20.8 Å². The van der Waals surface area contributed by atoms with E-state index in [4.69, 9.17) is 9.47 Å². The van der Waals surface area contributed by atoms with Crippen molar-refractivity contribution >= 4 is 0 Å². The van der Waals surface area contributed by atoms with Gasteiger partial charge in [-0.25, -0.2) is 0 Å². The van der Waals surface area contributed by atoms with Crippen molar-refractivity contribution in [1.82, 2.24) is 0 Å². The molecule has 0 amide bonds. The van der Waals surface area contributed by atoms with Crippen LogP contribution in [0.4, 0.5) is 0 Å². The van der Waals surface area contributed by atoms with Gasteiger partial charge in [0.05, 0.1) is 20.8 Å². The molecule has 0 aromatic heterocycles. The lowest BCUT2D eigenvalue weighted by Gasteiger charge is -2.24.